The van der Waals surface area contributed by atoms with Crippen LogP contribution in [0.25, 0.3) is 0 Å². The first-order chi connectivity index (χ1) is 11.5. The Labute approximate surface area is 143 Å². The maximum absolute atomic E-state index is 12.2. The molecule has 2 N–H and O–H groups in total. The molecule has 3 unspecified atom stereocenters. The molecule has 0 aliphatic carbocycles. The summed E-state index contributed by atoms with van der Waals surface area (Å²) in [5.74, 6) is -1.46. The average Bonchev–Trinajstić information content (AvgIpc) is 3.17. The van der Waals surface area contributed by atoms with Crippen molar-refractivity contribution in [3.8, 4) is 12.1 Å². The molecule has 0 saturated carbocycles. The molecule has 24 heavy (non-hydrogen) atoms. The highest BCUT2D eigenvalue weighted by Crippen LogP contribution is 2.53. The van der Waals surface area contributed by atoms with Gasteiger partial charge in [0, 0.05) is 16.7 Å². The van der Waals surface area contributed by atoms with Crippen LogP contribution in [0.1, 0.15) is 17.7 Å². The van der Waals surface area contributed by atoms with Gasteiger partial charge in [-0.2, -0.15) is 10.5 Å². The summed E-state index contributed by atoms with van der Waals surface area (Å²) in [5, 5.41) is 21.5. The van der Waals surface area contributed by atoms with Crippen LogP contribution in [0.3, 0.4) is 0 Å². The van der Waals surface area contributed by atoms with Crippen molar-refractivity contribution in [2.45, 2.75) is 24.9 Å². The van der Waals surface area contributed by atoms with Crippen LogP contribution in [-0.4, -0.2) is 28.7 Å². The second-order valence-corrected chi connectivity index (χ2v) is 6.80. The molecule has 1 saturated heterocycles. The van der Waals surface area contributed by atoms with Crippen molar-refractivity contribution in [3.63, 3.8) is 0 Å². The molecule has 1 aromatic rings. The lowest BCUT2D eigenvalue weighted by Gasteiger charge is -2.30. The minimum absolute atomic E-state index is 0.160. The molecule has 7 heteroatoms. The van der Waals surface area contributed by atoms with E-state index >= 15 is 0 Å². The summed E-state index contributed by atoms with van der Waals surface area (Å²) in [6.45, 7) is 1.42. The minimum atomic E-state index is -1.46. The van der Waals surface area contributed by atoms with E-state index in [-0.39, 0.29) is 5.78 Å². The van der Waals surface area contributed by atoms with E-state index in [2.05, 4.69) is 12.1 Å². The Bertz CT molecular complexity index is 827. The van der Waals surface area contributed by atoms with Gasteiger partial charge < -0.3 is 10.6 Å². The molecule has 3 atom stereocenters. The number of nitrogens with zero attached hydrogens (tertiary/aromatic N) is 3. The van der Waals surface area contributed by atoms with Crippen LogP contribution in [-0.2, 0) is 9.59 Å². The fraction of sp³-hybridized carbons (Fsp3) is 0.294. The maximum atomic E-state index is 12.2. The molecule has 6 nitrogen and oxygen atoms in total. The van der Waals surface area contributed by atoms with E-state index in [1.807, 2.05) is 11.4 Å². The van der Waals surface area contributed by atoms with Crippen molar-refractivity contribution < 1.29 is 9.59 Å². The van der Waals surface area contributed by atoms with Crippen LogP contribution < -0.4 is 5.73 Å². The Morgan fingerprint density at radius 3 is 2.58 bits per heavy atom. The Balaban J connectivity index is 2.23. The molecule has 0 bridgehead atoms. The highest BCUT2D eigenvalue weighted by atomic mass is 32.1. The van der Waals surface area contributed by atoms with Gasteiger partial charge >= 0.3 is 0 Å². The zero-order valence-corrected chi connectivity index (χ0v) is 13.7. The quantitative estimate of drug-likeness (QED) is 0.896. The van der Waals surface area contributed by atoms with Gasteiger partial charge in [-0.05, 0) is 18.4 Å². The number of carbonyl (C=O) groups is 2. The van der Waals surface area contributed by atoms with Crippen molar-refractivity contribution >= 4 is 23.0 Å². The fourth-order valence-corrected chi connectivity index (χ4v) is 4.42. The van der Waals surface area contributed by atoms with Crippen molar-refractivity contribution in [2.75, 3.05) is 0 Å². The van der Waals surface area contributed by atoms with Crippen molar-refractivity contribution in [1.29, 1.82) is 10.5 Å². The van der Waals surface area contributed by atoms with E-state index in [9.17, 15) is 20.1 Å². The lowest BCUT2D eigenvalue weighted by Crippen LogP contribution is -2.43. The van der Waals surface area contributed by atoms with E-state index in [0.717, 1.165) is 4.88 Å². The van der Waals surface area contributed by atoms with Crippen LogP contribution in [0.15, 0.2) is 41.4 Å². The summed E-state index contributed by atoms with van der Waals surface area (Å²) in [7, 11) is 0. The third kappa shape index (κ3) is 2.06. The summed E-state index contributed by atoms with van der Waals surface area (Å²) in [6, 6.07) is 6.35. The number of hydrogen-bond acceptors (Lipinski definition) is 6. The molecule has 1 amide bonds. The van der Waals surface area contributed by atoms with E-state index in [0.29, 0.717) is 5.57 Å². The molecule has 3 rings (SSSR count). The predicted molar refractivity (Wildman–Crippen MR) is 87.2 cm³/mol. The molecule has 1 fully saturated rings. The monoisotopic (exact) mass is 338 g/mol. The summed E-state index contributed by atoms with van der Waals surface area (Å²) in [4.78, 5) is 26.2. The Kier molecular flexibility index (Phi) is 3.75. The molecule has 2 aliphatic rings. The molecule has 1 aromatic heterocycles. The average molecular weight is 338 g/mol. The largest absolute Gasteiger partial charge is 0.368 e. The zero-order valence-electron chi connectivity index (χ0n) is 12.8. The van der Waals surface area contributed by atoms with Gasteiger partial charge in [-0.15, -0.1) is 11.3 Å². The number of allylic oxidation sites excluding steroid dienone is 2. The SMILES string of the molecule is CC(=O)C1=CN2C(C(N)=O)C(c3cccs3)C(C#N)(C#N)C2C=C1. The normalized spacial score (nSPS) is 26.9. The van der Waals surface area contributed by atoms with Crippen LogP contribution >= 0.6 is 11.3 Å². The number of amides is 1. The maximum Gasteiger partial charge on any atom is 0.240 e. The minimum Gasteiger partial charge on any atom is -0.368 e. The number of rotatable bonds is 3. The van der Waals surface area contributed by atoms with Crippen LogP contribution in [0, 0.1) is 28.1 Å². The van der Waals surface area contributed by atoms with Gasteiger partial charge in [-0.3, -0.25) is 9.59 Å². The lowest BCUT2D eigenvalue weighted by atomic mass is 9.72. The number of nitriles is 2. The predicted octanol–water partition coefficient (Wildman–Crippen LogP) is 1.45. The number of nitrogens with two attached hydrogens (primary N) is 1. The highest BCUT2D eigenvalue weighted by molar-refractivity contribution is 7.10. The number of primary amides is 1. The van der Waals surface area contributed by atoms with Crippen LogP contribution in [0.2, 0.25) is 0 Å². The second kappa shape index (κ2) is 5.63. The van der Waals surface area contributed by atoms with Gasteiger partial charge in [0.05, 0.1) is 24.1 Å². The standard InChI is InChI=1S/C17H14N4O2S/c1-10(22)11-4-5-13-17(8-18,9-19)14(12-3-2-6-24-12)15(16(20)23)21(13)7-11/h2-7,13-15H,1H3,(H2,20,23). The van der Waals surface area contributed by atoms with E-state index in [1.165, 1.54) is 18.3 Å². The molecule has 3 heterocycles. The first-order valence-corrected chi connectivity index (χ1v) is 8.18. The number of Topliss-reactive ketones (excluding diaryl/α,β-unsaturated/α-hetero) is 1. The number of fused-ring (bicyclic) bond motifs is 1. The highest BCUT2D eigenvalue weighted by Gasteiger charge is 2.62. The van der Waals surface area contributed by atoms with Gasteiger partial charge in [-0.25, -0.2) is 0 Å². The summed E-state index contributed by atoms with van der Waals surface area (Å²) < 4.78 is 0. The number of carbonyl (C=O) groups excluding carboxylic acids is 2. The summed E-state index contributed by atoms with van der Waals surface area (Å²) in [6.07, 6.45) is 4.79. The Morgan fingerprint density at radius 2 is 2.08 bits per heavy atom. The zero-order chi connectivity index (χ0) is 17.5. The smallest absolute Gasteiger partial charge is 0.240 e. The molecule has 2 aliphatic heterocycles. The summed E-state index contributed by atoms with van der Waals surface area (Å²) in [5.41, 5.74) is 4.57. The van der Waals surface area contributed by atoms with Crippen LogP contribution in [0.4, 0.5) is 0 Å². The number of thiophene rings is 1. The number of ketones is 1. The Hall–Kier alpha value is -2.90. The first kappa shape index (κ1) is 16.0. The van der Waals surface area contributed by atoms with E-state index in [1.54, 1.807) is 29.3 Å². The topological polar surface area (TPSA) is 111 Å². The molecular formula is C17H14N4O2S. The van der Waals surface area contributed by atoms with Gasteiger partial charge in [0.1, 0.15) is 6.04 Å². The summed E-state index contributed by atoms with van der Waals surface area (Å²) >= 11 is 1.38. The van der Waals surface area contributed by atoms with Gasteiger partial charge in [0.15, 0.2) is 11.2 Å². The first-order valence-electron chi connectivity index (χ1n) is 7.30. The third-order valence-corrected chi connectivity index (χ3v) is 5.53. The third-order valence-electron chi connectivity index (χ3n) is 4.58. The Morgan fingerprint density at radius 1 is 1.38 bits per heavy atom. The van der Waals surface area contributed by atoms with Crippen molar-refractivity contribution in [1.82, 2.24) is 4.90 Å². The van der Waals surface area contributed by atoms with Gasteiger partial charge in [-0.1, -0.05) is 18.2 Å². The van der Waals surface area contributed by atoms with Gasteiger partial charge in [0.25, 0.3) is 0 Å². The molecule has 0 radical (unpaired) electrons. The van der Waals surface area contributed by atoms with E-state index in [4.69, 9.17) is 5.73 Å². The fourth-order valence-electron chi connectivity index (χ4n) is 3.49. The van der Waals surface area contributed by atoms with E-state index < -0.39 is 29.3 Å². The van der Waals surface area contributed by atoms with Crippen molar-refractivity contribution in [2.24, 2.45) is 11.1 Å². The molecular weight excluding hydrogens is 324 g/mol. The van der Waals surface area contributed by atoms with Gasteiger partial charge in [0.2, 0.25) is 5.91 Å². The molecule has 0 aromatic carbocycles. The van der Waals surface area contributed by atoms with Crippen LogP contribution in [0.5, 0.6) is 0 Å². The molecule has 120 valence electrons. The van der Waals surface area contributed by atoms with Crippen molar-refractivity contribution in [3.05, 3.63) is 46.3 Å². The molecule has 0 spiro atoms. The second-order valence-electron chi connectivity index (χ2n) is 5.82. The lowest BCUT2D eigenvalue weighted by molar-refractivity contribution is -0.122. The number of hydrogen-bond donors (Lipinski definition) is 1.